The highest BCUT2D eigenvalue weighted by Crippen LogP contribution is 2.23. The Balaban J connectivity index is 1.86. The van der Waals surface area contributed by atoms with Crippen molar-refractivity contribution in [3.63, 3.8) is 0 Å². The number of nitrogens with zero attached hydrogens (tertiary/aromatic N) is 1. The van der Waals surface area contributed by atoms with Crippen LogP contribution in [0.4, 0.5) is 0 Å². The van der Waals surface area contributed by atoms with E-state index in [-0.39, 0.29) is 0 Å². The molecule has 1 N–H and O–H groups in total. The molecule has 1 aromatic rings. The Bertz CT molecular complexity index is 393. The SMILES string of the molecule is CCC(C)C1CN(CCc2ccc(Br)s2)C(C)CN1. The van der Waals surface area contributed by atoms with Crippen molar-refractivity contribution in [2.45, 2.75) is 45.7 Å². The summed E-state index contributed by atoms with van der Waals surface area (Å²) in [4.78, 5) is 4.14. The highest BCUT2D eigenvalue weighted by atomic mass is 79.9. The van der Waals surface area contributed by atoms with Crippen LogP contribution >= 0.6 is 27.3 Å². The van der Waals surface area contributed by atoms with Gasteiger partial charge < -0.3 is 5.32 Å². The highest BCUT2D eigenvalue weighted by Gasteiger charge is 2.27. The van der Waals surface area contributed by atoms with Crippen LogP contribution in [0.5, 0.6) is 0 Å². The zero-order valence-corrected chi connectivity index (χ0v) is 14.6. The Morgan fingerprint density at radius 1 is 1.53 bits per heavy atom. The van der Waals surface area contributed by atoms with E-state index in [2.05, 4.69) is 59.1 Å². The van der Waals surface area contributed by atoms with Gasteiger partial charge in [0.1, 0.15) is 0 Å². The van der Waals surface area contributed by atoms with Gasteiger partial charge in [0, 0.05) is 36.6 Å². The molecule has 108 valence electrons. The minimum Gasteiger partial charge on any atom is -0.311 e. The van der Waals surface area contributed by atoms with Crippen molar-refractivity contribution in [1.29, 1.82) is 0 Å². The lowest BCUT2D eigenvalue weighted by Crippen LogP contribution is -2.57. The van der Waals surface area contributed by atoms with Gasteiger partial charge in [-0.15, -0.1) is 11.3 Å². The lowest BCUT2D eigenvalue weighted by Gasteiger charge is -2.41. The summed E-state index contributed by atoms with van der Waals surface area (Å²) >= 11 is 5.41. The lowest BCUT2D eigenvalue weighted by molar-refractivity contribution is 0.120. The number of hydrogen-bond acceptors (Lipinski definition) is 3. The van der Waals surface area contributed by atoms with Gasteiger partial charge in [-0.3, -0.25) is 4.90 Å². The fraction of sp³-hybridized carbons (Fsp3) is 0.733. The fourth-order valence-corrected chi connectivity index (χ4v) is 4.14. The Morgan fingerprint density at radius 3 is 2.95 bits per heavy atom. The van der Waals surface area contributed by atoms with Crippen LogP contribution in [0.15, 0.2) is 15.9 Å². The highest BCUT2D eigenvalue weighted by molar-refractivity contribution is 9.11. The van der Waals surface area contributed by atoms with Crippen LogP contribution < -0.4 is 5.32 Å². The number of halogens is 1. The summed E-state index contributed by atoms with van der Waals surface area (Å²) in [5.41, 5.74) is 0. The fourth-order valence-electron chi connectivity index (χ4n) is 2.67. The van der Waals surface area contributed by atoms with E-state index >= 15 is 0 Å². The van der Waals surface area contributed by atoms with Gasteiger partial charge in [0.2, 0.25) is 0 Å². The molecule has 0 aromatic carbocycles. The number of hydrogen-bond donors (Lipinski definition) is 1. The summed E-state index contributed by atoms with van der Waals surface area (Å²) < 4.78 is 1.24. The molecule has 1 aromatic heterocycles. The zero-order valence-electron chi connectivity index (χ0n) is 12.2. The Hall–Kier alpha value is 0.1000. The third-order valence-electron chi connectivity index (χ3n) is 4.34. The van der Waals surface area contributed by atoms with Gasteiger partial charge in [-0.25, -0.2) is 0 Å². The predicted molar refractivity (Wildman–Crippen MR) is 88.0 cm³/mol. The first-order valence-electron chi connectivity index (χ1n) is 7.31. The predicted octanol–water partition coefficient (Wildman–Crippen LogP) is 3.76. The summed E-state index contributed by atoms with van der Waals surface area (Å²) in [7, 11) is 0. The van der Waals surface area contributed by atoms with E-state index in [0.29, 0.717) is 12.1 Å². The second-order valence-electron chi connectivity index (χ2n) is 5.70. The molecule has 0 amide bonds. The largest absolute Gasteiger partial charge is 0.311 e. The summed E-state index contributed by atoms with van der Waals surface area (Å²) in [5, 5.41) is 3.71. The molecule has 1 aliphatic rings. The molecule has 0 bridgehead atoms. The van der Waals surface area contributed by atoms with Gasteiger partial charge >= 0.3 is 0 Å². The molecular weight excluding hydrogens is 320 g/mol. The van der Waals surface area contributed by atoms with Crippen molar-refractivity contribution in [2.24, 2.45) is 5.92 Å². The van der Waals surface area contributed by atoms with Crippen molar-refractivity contribution in [3.8, 4) is 0 Å². The Morgan fingerprint density at radius 2 is 2.32 bits per heavy atom. The van der Waals surface area contributed by atoms with Crippen molar-refractivity contribution in [3.05, 3.63) is 20.8 Å². The molecule has 0 aliphatic carbocycles. The van der Waals surface area contributed by atoms with Crippen molar-refractivity contribution in [1.82, 2.24) is 10.2 Å². The minimum atomic E-state index is 0.656. The van der Waals surface area contributed by atoms with Gasteiger partial charge in [0.25, 0.3) is 0 Å². The van der Waals surface area contributed by atoms with Gasteiger partial charge in [0.15, 0.2) is 0 Å². The monoisotopic (exact) mass is 344 g/mol. The van der Waals surface area contributed by atoms with E-state index in [1.54, 1.807) is 0 Å². The van der Waals surface area contributed by atoms with Crippen LogP contribution in [0.3, 0.4) is 0 Å². The molecule has 3 atom stereocenters. The maximum Gasteiger partial charge on any atom is 0.0701 e. The Labute approximate surface area is 129 Å². The first-order chi connectivity index (χ1) is 9.10. The molecule has 0 saturated carbocycles. The maximum atomic E-state index is 3.71. The standard InChI is InChI=1S/C15H25BrN2S/c1-4-11(2)14-10-18(12(3)9-17-14)8-7-13-5-6-15(16)19-13/h5-6,11-12,14,17H,4,7-10H2,1-3H3. The molecule has 2 heterocycles. The van der Waals surface area contributed by atoms with Crippen molar-refractivity contribution < 1.29 is 0 Å². The van der Waals surface area contributed by atoms with Crippen molar-refractivity contribution >= 4 is 27.3 Å². The Kier molecular flexibility index (Phi) is 5.87. The molecule has 3 unspecified atom stereocenters. The van der Waals surface area contributed by atoms with Gasteiger partial charge in [-0.05, 0) is 47.3 Å². The normalized spacial score (nSPS) is 26.5. The lowest BCUT2D eigenvalue weighted by atomic mass is 9.95. The molecule has 19 heavy (non-hydrogen) atoms. The maximum absolute atomic E-state index is 3.71. The number of piperazine rings is 1. The van der Waals surface area contributed by atoms with E-state index < -0.39 is 0 Å². The summed E-state index contributed by atoms with van der Waals surface area (Å²) in [6, 6.07) is 5.72. The second-order valence-corrected chi connectivity index (χ2v) is 8.25. The number of nitrogens with one attached hydrogen (secondary N) is 1. The zero-order chi connectivity index (χ0) is 13.8. The van der Waals surface area contributed by atoms with E-state index in [1.807, 2.05) is 11.3 Å². The van der Waals surface area contributed by atoms with Crippen LogP contribution in [0.25, 0.3) is 0 Å². The minimum absolute atomic E-state index is 0.656. The molecular formula is C15H25BrN2S. The van der Waals surface area contributed by atoms with Crippen LogP contribution in [0.2, 0.25) is 0 Å². The smallest absolute Gasteiger partial charge is 0.0701 e. The molecule has 2 rings (SSSR count). The molecule has 0 spiro atoms. The van der Waals surface area contributed by atoms with E-state index in [9.17, 15) is 0 Å². The quantitative estimate of drug-likeness (QED) is 0.874. The van der Waals surface area contributed by atoms with Crippen molar-refractivity contribution in [2.75, 3.05) is 19.6 Å². The van der Waals surface area contributed by atoms with Gasteiger partial charge in [-0.2, -0.15) is 0 Å². The molecule has 1 saturated heterocycles. The van der Waals surface area contributed by atoms with Crippen LogP contribution in [-0.2, 0) is 6.42 Å². The number of thiophene rings is 1. The average Bonchev–Trinajstić information content (AvgIpc) is 2.82. The van der Waals surface area contributed by atoms with E-state index in [1.165, 1.54) is 34.6 Å². The summed E-state index contributed by atoms with van der Waals surface area (Å²) in [5.74, 6) is 0.769. The average molecular weight is 345 g/mol. The van der Waals surface area contributed by atoms with Crippen LogP contribution in [-0.4, -0.2) is 36.6 Å². The molecule has 0 radical (unpaired) electrons. The summed E-state index contributed by atoms with van der Waals surface area (Å²) in [6.07, 6.45) is 2.44. The van der Waals surface area contributed by atoms with Gasteiger partial charge in [-0.1, -0.05) is 20.3 Å². The topological polar surface area (TPSA) is 15.3 Å². The summed E-state index contributed by atoms with van der Waals surface area (Å²) in [6.45, 7) is 10.5. The number of rotatable bonds is 5. The van der Waals surface area contributed by atoms with Crippen LogP contribution in [0.1, 0.15) is 32.1 Å². The molecule has 2 nitrogen and oxygen atoms in total. The van der Waals surface area contributed by atoms with Gasteiger partial charge in [0.05, 0.1) is 3.79 Å². The van der Waals surface area contributed by atoms with E-state index in [0.717, 1.165) is 12.5 Å². The van der Waals surface area contributed by atoms with Crippen LogP contribution in [0, 0.1) is 5.92 Å². The molecule has 4 heteroatoms. The molecule has 1 fully saturated rings. The van der Waals surface area contributed by atoms with E-state index in [4.69, 9.17) is 0 Å². The third kappa shape index (κ3) is 4.28. The first kappa shape index (κ1) is 15.5. The first-order valence-corrected chi connectivity index (χ1v) is 8.92. The second kappa shape index (κ2) is 7.21. The third-order valence-corrected chi connectivity index (χ3v) is 6.02. The molecule has 1 aliphatic heterocycles.